The highest BCUT2D eigenvalue weighted by Gasteiger charge is 2.59. The maximum Gasteiger partial charge on any atom is 0.0713 e. The van der Waals surface area contributed by atoms with Crippen LogP contribution in [-0.4, -0.2) is 21.0 Å². The number of hydrogen-bond acceptors (Lipinski definition) is 4. The predicted molar refractivity (Wildman–Crippen MR) is 276 cm³/mol. The number of hydrogen-bond donors (Lipinski definition) is 0. The average molecular weight is 871 g/mol. The summed E-state index contributed by atoms with van der Waals surface area (Å²) in [6.07, 6.45) is 17.5. The van der Waals surface area contributed by atoms with Crippen LogP contribution in [0.25, 0.3) is 33.4 Å². The van der Waals surface area contributed by atoms with Gasteiger partial charge in [0.2, 0.25) is 0 Å². The lowest BCUT2D eigenvalue weighted by atomic mass is 9.61. The van der Waals surface area contributed by atoms with Gasteiger partial charge in [0.1, 0.15) is 0 Å². The molecule has 2 aliphatic heterocycles. The number of rotatable bonds is 6. The quantitative estimate of drug-likeness (QED) is 0.167. The molecule has 4 nitrogen and oxygen atoms in total. The Morgan fingerprint density at radius 2 is 0.746 bits per heavy atom. The Bertz CT molecular complexity index is 3000. The van der Waals surface area contributed by atoms with Crippen molar-refractivity contribution >= 4 is 22.7 Å². The molecular weight excluding hydrogens is 813 g/mol. The normalized spacial score (nSPS) is 25.1. The van der Waals surface area contributed by atoms with Crippen LogP contribution in [0, 0.1) is 0 Å². The third kappa shape index (κ3) is 5.42. The molecule has 3 aliphatic carbocycles. The van der Waals surface area contributed by atoms with Gasteiger partial charge in [0.25, 0.3) is 0 Å². The van der Waals surface area contributed by atoms with E-state index in [2.05, 4.69) is 205 Å². The summed E-state index contributed by atoms with van der Waals surface area (Å²) >= 11 is 0. The second-order valence-corrected chi connectivity index (χ2v) is 21.2. The fraction of sp³-hybridized carbons (Fsp3) is 0.270. The molecule has 330 valence electrons. The van der Waals surface area contributed by atoms with Gasteiger partial charge in [-0.25, -0.2) is 0 Å². The molecule has 67 heavy (non-hydrogen) atoms. The Balaban J connectivity index is 0.996. The van der Waals surface area contributed by atoms with Gasteiger partial charge in [-0.15, -0.1) is 0 Å². The van der Waals surface area contributed by atoms with Crippen LogP contribution < -0.4 is 9.80 Å². The molecule has 0 saturated heterocycles. The second-order valence-electron chi connectivity index (χ2n) is 21.2. The van der Waals surface area contributed by atoms with E-state index in [9.17, 15) is 0 Å². The van der Waals surface area contributed by atoms with E-state index in [-0.39, 0.29) is 21.9 Å². The Hall–Kier alpha value is -6.78. The number of fused-ring (bicyclic) bond motifs is 9. The minimum absolute atomic E-state index is 0.0190. The first-order chi connectivity index (χ1) is 32.7. The van der Waals surface area contributed by atoms with Crippen molar-refractivity contribution in [3.05, 3.63) is 216 Å². The zero-order valence-corrected chi connectivity index (χ0v) is 39.3. The van der Waals surface area contributed by atoms with Crippen LogP contribution in [0.1, 0.15) is 112 Å². The van der Waals surface area contributed by atoms with Gasteiger partial charge in [0.15, 0.2) is 0 Å². The molecule has 0 spiro atoms. The molecule has 4 atom stereocenters. The van der Waals surface area contributed by atoms with Crippen molar-refractivity contribution in [2.45, 2.75) is 106 Å². The number of benzene rings is 6. The lowest BCUT2D eigenvalue weighted by Crippen LogP contribution is -2.54. The Morgan fingerprint density at radius 3 is 1.16 bits per heavy atom. The topological polar surface area (TPSA) is 32.3 Å². The van der Waals surface area contributed by atoms with Gasteiger partial charge in [0.05, 0.1) is 16.5 Å². The molecule has 0 amide bonds. The molecule has 2 fully saturated rings. The molecule has 2 saturated carbocycles. The largest absolute Gasteiger partial charge is 0.334 e. The van der Waals surface area contributed by atoms with Crippen molar-refractivity contribution in [3.63, 3.8) is 0 Å². The van der Waals surface area contributed by atoms with Crippen molar-refractivity contribution in [3.8, 4) is 33.4 Å². The minimum Gasteiger partial charge on any atom is -0.334 e. The molecule has 0 N–H and O–H groups in total. The van der Waals surface area contributed by atoms with Gasteiger partial charge in [-0.05, 0) is 167 Å². The van der Waals surface area contributed by atoms with E-state index < -0.39 is 5.41 Å². The van der Waals surface area contributed by atoms with Crippen molar-refractivity contribution in [1.29, 1.82) is 0 Å². The van der Waals surface area contributed by atoms with Crippen LogP contribution in [0.3, 0.4) is 0 Å². The van der Waals surface area contributed by atoms with Crippen molar-refractivity contribution in [2.75, 3.05) is 9.80 Å². The lowest BCUT2D eigenvalue weighted by molar-refractivity contribution is 0.195. The molecule has 13 rings (SSSR count). The SMILES string of the molecule is CC12CCCCC1(C)N(c1ccncc1)c1ccc(-c3ccc4c(c3)-c3cc(-c5ccc6c(c5)C5(C)CCCCC5(C)N6c5ccncc5)ccc3C4(c3ccccc3)c3ccccc3)cc12. The van der Waals surface area contributed by atoms with Crippen LogP contribution in [0.5, 0.6) is 0 Å². The van der Waals surface area contributed by atoms with Gasteiger partial charge in [-0.1, -0.05) is 137 Å². The zero-order valence-electron chi connectivity index (χ0n) is 39.3. The van der Waals surface area contributed by atoms with E-state index in [0.29, 0.717) is 0 Å². The minimum atomic E-state index is -0.481. The summed E-state index contributed by atoms with van der Waals surface area (Å²) in [5.74, 6) is 0. The van der Waals surface area contributed by atoms with Crippen LogP contribution in [0.4, 0.5) is 22.7 Å². The highest BCUT2D eigenvalue weighted by Crippen LogP contribution is 2.64. The first-order valence-electron chi connectivity index (χ1n) is 24.8. The number of aromatic nitrogens is 2. The smallest absolute Gasteiger partial charge is 0.0713 e. The molecule has 8 aromatic rings. The standard InChI is InChI=1S/C63H58N4/c1-59-31-11-13-33-61(59,3)66(49-27-35-64-36-28-49)57-25-21-45(41-55(57)59)43-19-23-53-51(39-43)52-40-44(20-24-54(52)63(53,47-15-7-5-8-16-47)48-17-9-6-10-18-48)46-22-26-58-56(42-46)60(2)32-12-14-34-62(60,4)67(58)50-29-37-65-38-30-50/h5-10,15-30,35-42H,11-14,31-34H2,1-4H3. The van der Waals surface area contributed by atoms with Crippen molar-refractivity contribution in [2.24, 2.45) is 0 Å². The fourth-order valence-corrected chi connectivity index (χ4v) is 14.5. The summed E-state index contributed by atoms with van der Waals surface area (Å²) in [5, 5.41) is 0. The van der Waals surface area contributed by atoms with Crippen molar-refractivity contribution < 1.29 is 0 Å². The number of nitrogens with zero attached hydrogens (tertiary/aromatic N) is 4. The summed E-state index contributed by atoms with van der Waals surface area (Å²) in [6.45, 7) is 10.1. The molecule has 0 bridgehead atoms. The average Bonchev–Trinajstić information content (AvgIpc) is 3.87. The lowest BCUT2D eigenvalue weighted by Gasteiger charge is -2.50. The van der Waals surface area contributed by atoms with Crippen LogP contribution in [0.15, 0.2) is 183 Å². The third-order valence-corrected chi connectivity index (χ3v) is 18.3. The van der Waals surface area contributed by atoms with Gasteiger partial charge in [-0.2, -0.15) is 0 Å². The molecule has 0 radical (unpaired) electrons. The summed E-state index contributed by atoms with van der Waals surface area (Å²) in [5.41, 5.74) is 20.6. The van der Waals surface area contributed by atoms with E-state index >= 15 is 0 Å². The predicted octanol–water partition coefficient (Wildman–Crippen LogP) is 15.7. The zero-order chi connectivity index (χ0) is 45.2. The third-order valence-electron chi connectivity index (χ3n) is 18.3. The molecule has 6 aromatic carbocycles. The molecule has 5 aliphatic rings. The van der Waals surface area contributed by atoms with Gasteiger partial charge in [0, 0.05) is 58.4 Å². The van der Waals surface area contributed by atoms with E-state index in [0.717, 1.165) is 0 Å². The first-order valence-corrected chi connectivity index (χ1v) is 24.8. The molecule has 4 heteroatoms. The van der Waals surface area contributed by atoms with Crippen molar-refractivity contribution in [1.82, 2.24) is 9.97 Å². The summed E-state index contributed by atoms with van der Waals surface area (Å²) < 4.78 is 0. The highest BCUT2D eigenvalue weighted by molar-refractivity contribution is 5.92. The summed E-state index contributed by atoms with van der Waals surface area (Å²) in [7, 11) is 0. The Kier molecular flexibility index (Phi) is 8.83. The van der Waals surface area contributed by atoms with Gasteiger partial charge >= 0.3 is 0 Å². The summed E-state index contributed by atoms with van der Waals surface area (Å²) in [6, 6.07) is 60.7. The molecule has 4 unspecified atom stereocenters. The Morgan fingerprint density at radius 1 is 0.373 bits per heavy atom. The van der Waals surface area contributed by atoms with E-state index in [4.69, 9.17) is 0 Å². The van der Waals surface area contributed by atoms with E-state index in [1.54, 1.807) is 0 Å². The van der Waals surface area contributed by atoms with Crippen LogP contribution >= 0.6 is 0 Å². The van der Waals surface area contributed by atoms with Crippen LogP contribution in [-0.2, 0) is 16.2 Å². The maximum absolute atomic E-state index is 4.40. The molecule has 2 aromatic heterocycles. The van der Waals surface area contributed by atoms with E-state index in [1.807, 2.05) is 24.8 Å². The molecular formula is C63H58N4. The van der Waals surface area contributed by atoms with E-state index in [1.165, 1.54) is 141 Å². The highest BCUT2D eigenvalue weighted by atomic mass is 15.3. The second kappa shape index (κ2) is 14.6. The molecule has 4 heterocycles. The fourth-order valence-electron chi connectivity index (χ4n) is 14.5. The number of pyridine rings is 2. The number of anilines is 4. The first kappa shape index (κ1) is 40.5. The van der Waals surface area contributed by atoms with Gasteiger partial charge < -0.3 is 9.80 Å². The van der Waals surface area contributed by atoms with Gasteiger partial charge in [-0.3, -0.25) is 9.97 Å². The monoisotopic (exact) mass is 870 g/mol. The maximum atomic E-state index is 4.40. The Labute approximate surface area is 396 Å². The van der Waals surface area contributed by atoms with Crippen LogP contribution in [0.2, 0.25) is 0 Å². The summed E-state index contributed by atoms with van der Waals surface area (Å²) in [4.78, 5) is 14.1.